The highest BCUT2D eigenvalue weighted by molar-refractivity contribution is 5.73. The van der Waals surface area contributed by atoms with Crippen molar-refractivity contribution in [3.63, 3.8) is 0 Å². The van der Waals surface area contributed by atoms with Crippen molar-refractivity contribution in [3.8, 4) is 28.7 Å². The molecule has 8 nitrogen and oxygen atoms in total. The number of carbonyl (C=O) groups excluding carboxylic acids is 1. The fourth-order valence-electron chi connectivity index (χ4n) is 2.79. The summed E-state index contributed by atoms with van der Waals surface area (Å²) in [7, 11) is 4.55. The Balaban J connectivity index is 1.69. The molecule has 0 aliphatic heterocycles. The average molecular weight is 398 g/mol. The minimum absolute atomic E-state index is 0.0146. The van der Waals surface area contributed by atoms with E-state index in [2.05, 4.69) is 10.2 Å². The number of benzene rings is 2. The van der Waals surface area contributed by atoms with Crippen molar-refractivity contribution in [1.29, 1.82) is 0 Å². The third kappa shape index (κ3) is 4.66. The molecule has 1 unspecified atom stereocenters. The second kappa shape index (κ2) is 9.09. The number of rotatable bonds is 8. The first kappa shape index (κ1) is 20.2. The lowest BCUT2D eigenvalue weighted by Crippen LogP contribution is -2.12. The van der Waals surface area contributed by atoms with Crippen LogP contribution in [-0.2, 0) is 16.0 Å². The van der Waals surface area contributed by atoms with Crippen LogP contribution < -0.4 is 14.2 Å². The zero-order chi connectivity index (χ0) is 20.8. The molecule has 3 aromatic rings. The van der Waals surface area contributed by atoms with Crippen LogP contribution in [-0.4, -0.2) is 37.5 Å². The van der Waals surface area contributed by atoms with Crippen molar-refractivity contribution < 1.29 is 28.2 Å². The molecule has 0 bridgehead atoms. The second-order valence-electron chi connectivity index (χ2n) is 6.15. The van der Waals surface area contributed by atoms with E-state index >= 15 is 0 Å². The fourth-order valence-corrected chi connectivity index (χ4v) is 2.79. The number of carbonyl (C=O) groups is 1. The van der Waals surface area contributed by atoms with Gasteiger partial charge in [0.1, 0.15) is 0 Å². The van der Waals surface area contributed by atoms with Crippen LogP contribution in [0.3, 0.4) is 0 Å². The molecule has 2 aromatic carbocycles. The molecular weight excluding hydrogens is 376 g/mol. The van der Waals surface area contributed by atoms with Crippen LogP contribution in [0.25, 0.3) is 11.5 Å². The van der Waals surface area contributed by atoms with Crippen molar-refractivity contribution in [2.75, 3.05) is 21.3 Å². The highest BCUT2D eigenvalue weighted by Crippen LogP contribution is 2.38. The molecule has 0 amide bonds. The summed E-state index contributed by atoms with van der Waals surface area (Å²) in [5, 5.41) is 7.99. The molecule has 8 heteroatoms. The van der Waals surface area contributed by atoms with Gasteiger partial charge < -0.3 is 23.4 Å². The zero-order valence-corrected chi connectivity index (χ0v) is 16.7. The number of nitrogens with zero attached hydrogens (tertiary/aromatic N) is 2. The van der Waals surface area contributed by atoms with Crippen molar-refractivity contribution in [1.82, 2.24) is 10.2 Å². The Hall–Kier alpha value is -3.55. The Labute approximate surface area is 168 Å². The lowest BCUT2D eigenvalue weighted by molar-refractivity contribution is -0.148. The molecule has 3 rings (SSSR count). The van der Waals surface area contributed by atoms with Gasteiger partial charge in [0.25, 0.3) is 5.89 Å². The quantitative estimate of drug-likeness (QED) is 0.531. The van der Waals surface area contributed by atoms with Gasteiger partial charge in [-0.3, -0.25) is 4.79 Å². The molecule has 0 N–H and O–H groups in total. The van der Waals surface area contributed by atoms with Crippen LogP contribution in [0.4, 0.5) is 0 Å². The molecule has 1 heterocycles. The highest BCUT2D eigenvalue weighted by atomic mass is 16.6. The van der Waals surface area contributed by atoms with E-state index in [1.165, 1.54) is 21.3 Å². The van der Waals surface area contributed by atoms with E-state index in [0.717, 1.165) is 5.56 Å². The maximum Gasteiger partial charge on any atom is 0.311 e. The zero-order valence-electron chi connectivity index (χ0n) is 16.7. The number of aromatic nitrogens is 2. The van der Waals surface area contributed by atoms with E-state index in [9.17, 15) is 4.79 Å². The summed E-state index contributed by atoms with van der Waals surface area (Å²) in [6.45, 7) is 1.68. The Morgan fingerprint density at radius 3 is 2.24 bits per heavy atom. The van der Waals surface area contributed by atoms with Crippen LogP contribution in [0, 0.1) is 0 Å². The van der Waals surface area contributed by atoms with Gasteiger partial charge in [-0.05, 0) is 36.8 Å². The van der Waals surface area contributed by atoms with E-state index in [0.29, 0.717) is 28.7 Å². The molecular formula is C21H22N2O6. The third-order valence-corrected chi connectivity index (χ3v) is 4.19. The lowest BCUT2D eigenvalue weighted by Gasteiger charge is -2.14. The van der Waals surface area contributed by atoms with Crippen molar-refractivity contribution in [3.05, 3.63) is 53.9 Å². The predicted octanol–water partition coefficient (Wildman–Crippen LogP) is 3.61. The van der Waals surface area contributed by atoms with Crippen LogP contribution >= 0.6 is 0 Å². The first-order valence-corrected chi connectivity index (χ1v) is 8.93. The number of methoxy groups -OCH3 is 3. The van der Waals surface area contributed by atoms with Crippen LogP contribution in [0.1, 0.15) is 24.5 Å². The minimum Gasteiger partial charge on any atom is -0.493 e. The number of ether oxygens (including phenoxy) is 4. The molecule has 0 saturated heterocycles. The summed E-state index contributed by atoms with van der Waals surface area (Å²) in [4.78, 5) is 12.4. The van der Waals surface area contributed by atoms with Gasteiger partial charge in [-0.25, -0.2) is 0 Å². The van der Waals surface area contributed by atoms with Crippen LogP contribution in [0.15, 0.2) is 46.9 Å². The van der Waals surface area contributed by atoms with Gasteiger partial charge in [-0.2, -0.15) is 0 Å². The third-order valence-electron chi connectivity index (χ3n) is 4.19. The first-order chi connectivity index (χ1) is 14.0. The molecule has 152 valence electrons. The molecule has 0 radical (unpaired) electrons. The summed E-state index contributed by atoms with van der Waals surface area (Å²) < 4.78 is 27.0. The summed E-state index contributed by atoms with van der Waals surface area (Å²) in [6, 6.07) is 12.8. The topological polar surface area (TPSA) is 92.9 Å². The minimum atomic E-state index is -0.686. The molecule has 0 spiro atoms. The Bertz CT molecular complexity index is 945. The summed E-state index contributed by atoms with van der Waals surface area (Å²) >= 11 is 0. The Kier molecular flexibility index (Phi) is 6.33. The van der Waals surface area contributed by atoms with Gasteiger partial charge in [0.05, 0.1) is 27.8 Å². The van der Waals surface area contributed by atoms with E-state index < -0.39 is 12.1 Å². The summed E-state index contributed by atoms with van der Waals surface area (Å²) in [6.07, 6.45) is -0.671. The average Bonchev–Trinajstić information content (AvgIpc) is 3.24. The van der Waals surface area contributed by atoms with Gasteiger partial charge in [0.2, 0.25) is 11.6 Å². The van der Waals surface area contributed by atoms with Crippen LogP contribution in [0.5, 0.6) is 17.2 Å². The SMILES string of the molecule is COc1cc(CC(=O)OC(C)c2nnc(-c3ccccc3)o2)cc(OC)c1OC. The molecule has 0 aliphatic rings. The highest BCUT2D eigenvalue weighted by Gasteiger charge is 2.20. The maximum atomic E-state index is 12.4. The fraction of sp³-hybridized carbons (Fsp3) is 0.286. The molecule has 0 aliphatic carbocycles. The van der Waals surface area contributed by atoms with Crippen molar-refractivity contribution >= 4 is 5.97 Å². The molecule has 1 atom stereocenters. The van der Waals surface area contributed by atoms with Gasteiger partial charge in [-0.1, -0.05) is 18.2 Å². The summed E-state index contributed by atoms with van der Waals surface area (Å²) in [5.74, 6) is 1.53. The largest absolute Gasteiger partial charge is 0.493 e. The summed E-state index contributed by atoms with van der Waals surface area (Å²) in [5.41, 5.74) is 1.45. The Morgan fingerprint density at radius 2 is 1.66 bits per heavy atom. The second-order valence-corrected chi connectivity index (χ2v) is 6.15. The monoisotopic (exact) mass is 398 g/mol. The Morgan fingerprint density at radius 1 is 1.00 bits per heavy atom. The van der Waals surface area contributed by atoms with E-state index in [4.69, 9.17) is 23.4 Å². The molecule has 0 fully saturated rings. The predicted molar refractivity (Wildman–Crippen MR) is 104 cm³/mol. The van der Waals surface area contributed by atoms with Gasteiger partial charge in [-0.15, -0.1) is 10.2 Å². The number of esters is 1. The number of hydrogen-bond acceptors (Lipinski definition) is 8. The van der Waals surface area contributed by atoms with Gasteiger partial charge in [0.15, 0.2) is 17.6 Å². The standard InChI is InChI=1S/C21H22N2O6/c1-13(20-22-23-21(29-20)15-8-6-5-7-9-15)28-18(24)12-14-10-16(25-2)19(27-4)17(11-14)26-3/h5-11,13H,12H2,1-4H3. The molecule has 1 aromatic heterocycles. The normalized spacial score (nSPS) is 11.6. The van der Waals surface area contributed by atoms with Crippen LogP contribution in [0.2, 0.25) is 0 Å². The van der Waals surface area contributed by atoms with Crippen molar-refractivity contribution in [2.45, 2.75) is 19.4 Å². The lowest BCUT2D eigenvalue weighted by atomic mass is 10.1. The smallest absolute Gasteiger partial charge is 0.311 e. The van der Waals surface area contributed by atoms with Crippen molar-refractivity contribution in [2.24, 2.45) is 0 Å². The van der Waals surface area contributed by atoms with E-state index in [1.807, 2.05) is 30.3 Å². The van der Waals surface area contributed by atoms with Gasteiger partial charge >= 0.3 is 5.97 Å². The van der Waals surface area contributed by atoms with E-state index in [-0.39, 0.29) is 12.3 Å². The first-order valence-electron chi connectivity index (χ1n) is 8.93. The van der Waals surface area contributed by atoms with E-state index in [1.54, 1.807) is 19.1 Å². The number of hydrogen-bond donors (Lipinski definition) is 0. The molecule has 29 heavy (non-hydrogen) atoms. The van der Waals surface area contributed by atoms with Gasteiger partial charge in [0, 0.05) is 5.56 Å². The molecule has 0 saturated carbocycles. The maximum absolute atomic E-state index is 12.4.